The lowest BCUT2D eigenvalue weighted by atomic mass is 10.0. The van der Waals surface area contributed by atoms with Crippen LogP contribution in [0.5, 0.6) is 0 Å². The number of rotatable bonds is 4. The van der Waals surface area contributed by atoms with Crippen LogP contribution >= 0.6 is 0 Å². The summed E-state index contributed by atoms with van der Waals surface area (Å²) in [7, 11) is 0. The standard InChI is InChI=1S/C27H39N5O5S/c33-23-22-12-9-17-32(22)24(34)21(28-26(36)31-15-7-4-8-16-31)11-6-3-1-2-5-10-19-18-27(19,29-23)25(35)30-38(37)20-13-14-20/h4-5,7,10,19-22H,1-3,6,8-9,11-18H2,(H,28,36)(H,29,33)(H,30,35)/b10-5-/t19-,21+,22+,27-,38?/m1/s1. The van der Waals surface area contributed by atoms with E-state index in [4.69, 9.17) is 0 Å². The number of hydrogen-bond donors (Lipinski definition) is 3. The Kier molecular flexibility index (Phi) is 8.32. The minimum absolute atomic E-state index is 0.00269. The van der Waals surface area contributed by atoms with Crippen molar-refractivity contribution in [2.24, 2.45) is 5.92 Å². The Morgan fingerprint density at radius 1 is 1.00 bits per heavy atom. The Bertz CT molecular complexity index is 1000. The highest BCUT2D eigenvalue weighted by Crippen LogP contribution is 2.46. The molecule has 0 aromatic heterocycles. The van der Waals surface area contributed by atoms with E-state index in [9.17, 15) is 23.7 Å². The molecule has 0 aromatic rings. The van der Waals surface area contributed by atoms with Crippen LogP contribution in [0.25, 0.3) is 0 Å². The van der Waals surface area contributed by atoms with E-state index in [2.05, 4.69) is 21.4 Å². The van der Waals surface area contributed by atoms with E-state index in [0.29, 0.717) is 45.3 Å². The smallest absolute Gasteiger partial charge is 0.318 e. The monoisotopic (exact) mass is 545 g/mol. The molecular weight excluding hydrogens is 506 g/mol. The zero-order chi connectivity index (χ0) is 26.7. The molecule has 38 heavy (non-hydrogen) atoms. The molecule has 0 aromatic carbocycles. The third-order valence-corrected chi connectivity index (χ3v) is 9.76. The van der Waals surface area contributed by atoms with E-state index in [1.54, 1.807) is 9.80 Å². The largest absolute Gasteiger partial charge is 0.593 e. The summed E-state index contributed by atoms with van der Waals surface area (Å²) in [6, 6.07) is -1.66. The van der Waals surface area contributed by atoms with Crippen LogP contribution in [-0.2, 0) is 25.7 Å². The normalized spacial score (nSPS) is 33.7. The topological polar surface area (TPSA) is 134 Å². The van der Waals surface area contributed by atoms with E-state index in [1.807, 2.05) is 18.2 Å². The van der Waals surface area contributed by atoms with Gasteiger partial charge in [-0.05, 0) is 44.9 Å². The van der Waals surface area contributed by atoms with Gasteiger partial charge in [0.25, 0.3) is 5.91 Å². The molecule has 2 aliphatic carbocycles. The highest BCUT2D eigenvalue weighted by Gasteiger charge is 2.62. The maximum atomic E-state index is 13.7. The Morgan fingerprint density at radius 2 is 1.84 bits per heavy atom. The van der Waals surface area contributed by atoms with Crippen LogP contribution in [0.3, 0.4) is 0 Å². The van der Waals surface area contributed by atoms with Crippen LogP contribution in [0.15, 0.2) is 24.3 Å². The minimum Gasteiger partial charge on any atom is -0.593 e. The summed E-state index contributed by atoms with van der Waals surface area (Å²) in [6.45, 7) is 1.57. The maximum absolute atomic E-state index is 13.7. The molecule has 3 fully saturated rings. The van der Waals surface area contributed by atoms with Crippen molar-refractivity contribution >= 4 is 35.1 Å². The molecule has 11 heteroatoms. The van der Waals surface area contributed by atoms with Crippen molar-refractivity contribution in [1.29, 1.82) is 0 Å². The zero-order valence-electron chi connectivity index (χ0n) is 21.9. The van der Waals surface area contributed by atoms with E-state index in [-0.39, 0.29) is 29.0 Å². The molecule has 5 aliphatic rings. The van der Waals surface area contributed by atoms with Crippen molar-refractivity contribution in [3.05, 3.63) is 24.3 Å². The first-order valence-corrected chi connectivity index (χ1v) is 15.3. The predicted octanol–water partition coefficient (Wildman–Crippen LogP) is 1.66. The van der Waals surface area contributed by atoms with E-state index in [1.165, 1.54) is 0 Å². The van der Waals surface area contributed by atoms with Crippen LogP contribution in [0.2, 0.25) is 0 Å². The third kappa shape index (κ3) is 6.03. The number of carbonyl (C=O) groups excluding carboxylic acids is 4. The van der Waals surface area contributed by atoms with Gasteiger partial charge in [-0.25, -0.2) is 4.79 Å². The first kappa shape index (κ1) is 27.1. The van der Waals surface area contributed by atoms with Gasteiger partial charge in [0.1, 0.15) is 22.9 Å². The number of hydrogen-bond acceptors (Lipinski definition) is 5. The second-order valence-corrected chi connectivity index (χ2v) is 12.6. The fraction of sp³-hybridized carbons (Fsp3) is 0.704. The molecule has 1 saturated heterocycles. The minimum atomic E-state index is -1.45. The predicted molar refractivity (Wildman–Crippen MR) is 143 cm³/mol. The van der Waals surface area contributed by atoms with Gasteiger partial charge in [0, 0.05) is 38.4 Å². The lowest BCUT2D eigenvalue weighted by Gasteiger charge is -2.31. The maximum Gasteiger partial charge on any atom is 0.318 e. The molecule has 0 spiro atoms. The number of urea groups is 1. The van der Waals surface area contributed by atoms with Gasteiger partial charge in [-0.1, -0.05) is 37.1 Å². The van der Waals surface area contributed by atoms with E-state index in [0.717, 1.165) is 44.9 Å². The van der Waals surface area contributed by atoms with Gasteiger partial charge < -0.3 is 25.0 Å². The van der Waals surface area contributed by atoms with Gasteiger partial charge in [-0.2, -0.15) is 4.72 Å². The molecule has 5 atom stereocenters. The van der Waals surface area contributed by atoms with Gasteiger partial charge in [0.2, 0.25) is 11.8 Å². The van der Waals surface area contributed by atoms with Crippen molar-refractivity contribution in [2.45, 2.75) is 93.5 Å². The molecule has 2 saturated carbocycles. The summed E-state index contributed by atoms with van der Waals surface area (Å²) in [5.74, 6) is -1.17. The van der Waals surface area contributed by atoms with Gasteiger partial charge in [0.05, 0.1) is 11.4 Å². The Morgan fingerprint density at radius 3 is 2.61 bits per heavy atom. The van der Waals surface area contributed by atoms with Crippen LogP contribution in [-0.4, -0.2) is 80.6 Å². The average molecular weight is 546 g/mol. The molecule has 208 valence electrons. The van der Waals surface area contributed by atoms with Crippen molar-refractivity contribution < 1.29 is 23.7 Å². The number of nitrogens with one attached hydrogen (secondary N) is 3. The van der Waals surface area contributed by atoms with Crippen LogP contribution in [0.4, 0.5) is 4.79 Å². The van der Waals surface area contributed by atoms with E-state index >= 15 is 0 Å². The number of amides is 5. The van der Waals surface area contributed by atoms with Gasteiger partial charge in [-0.3, -0.25) is 14.4 Å². The Balaban J connectivity index is 1.32. The molecule has 0 radical (unpaired) electrons. The highest BCUT2D eigenvalue weighted by molar-refractivity contribution is 7.90. The second kappa shape index (κ2) is 11.7. The summed E-state index contributed by atoms with van der Waals surface area (Å²) in [6.07, 6.45) is 16.1. The molecular formula is C27H39N5O5S. The van der Waals surface area contributed by atoms with Crippen LogP contribution < -0.4 is 15.4 Å². The molecule has 5 amide bonds. The second-order valence-electron chi connectivity index (χ2n) is 11.2. The van der Waals surface area contributed by atoms with Crippen molar-refractivity contribution in [3.63, 3.8) is 0 Å². The summed E-state index contributed by atoms with van der Waals surface area (Å²) in [5, 5.41) is 5.92. The fourth-order valence-electron chi connectivity index (χ4n) is 5.71. The summed E-state index contributed by atoms with van der Waals surface area (Å²) in [4.78, 5) is 56.7. The number of fused-ring (bicyclic) bond motifs is 2. The Labute approximate surface area is 227 Å². The average Bonchev–Trinajstić information content (AvgIpc) is 3.83. The molecule has 1 unspecified atom stereocenters. The molecule has 3 aliphatic heterocycles. The summed E-state index contributed by atoms with van der Waals surface area (Å²) >= 11 is -1.45. The third-order valence-electron chi connectivity index (χ3n) is 8.30. The number of allylic oxidation sites excluding steroid dienone is 1. The lowest BCUT2D eigenvalue weighted by molar-refractivity contribution is -0.141. The lowest BCUT2D eigenvalue weighted by Crippen LogP contribution is -2.59. The molecule has 5 rings (SSSR count). The Hall–Kier alpha value is -2.53. The van der Waals surface area contributed by atoms with Crippen molar-refractivity contribution in [3.8, 4) is 0 Å². The first-order chi connectivity index (χ1) is 18.4. The van der Waals surface area contributed by atoms with Crippen molar-refractivity contribution in [1.82, 2.24) is 25.2 Å². The summed E-state index contributed by atoms with van der Waals surface area (Å²) in [5.41, 5.74) is -1.13. The SMILES string of the molecule is O=C1N[C@]2(C(=O)N[S+]([O-])C3CC3)C[C@H]2/C=C\CCCCC[C@H](NC(=O)N2CC=CCC2)C(=O)N2CCC[C@@H]12. The van der Waals surface area contributed by atoms with E-state index < -0.39 is 34.9 Å². The molecule has 0 bridgehead atoms. The zero-order valence-corrected chi connectivity index (χ0v) is 22.7. The van der Waals surface area contributed by atoms with Gasteiger partial charge in [0.15, 0.2) is 0 Å². The van der Waals surface area contributed by atoms with Gasteiger partial charge >= 0.3 is 6.03 Å². The molecule has 3 N–H and O–H groups in total. The molecule has 3 heterocycles. The van der Waals surface area contributed by atoms with Crippen LogP contribution in [0.1, 0.15) is 70.6 Å². The van der Waals surface area contributed by atoms with Gasteiger partial charge in [-0.15, -0.1) is 0 Å². The molecule has 10 nitrogen and oxygen atoms in total. The number of carbonyl (C=O) groups is 4. The highest BCUT2D eigenvalue weighted by atomic mass is 32.2. The van der Waals surface area contributed by atoms with Crippen LogP contribution in [0, 0.1) is 5.92 Å². The van der Waals surface area contributed by atoms with Crippen molar-refractivity contribution in [2.75, 3.05) is 19.6 Å². The summed E-state index contributed by atoms with van der Waals surface area (Å²) < 4.78 is 15.1. The fourth-order valence-corrected chi connectivity index (χ4v) is 6.80. The first-order valence-electron chi connectivity index (χ1n) is 14.1. The number of nitrogens with zero attached hydrogens (tertiary/aromatic N) is 2. The quantitative estimate of drug-likeness (QED) is 0.365.